The third kappa shape index (κ3) is 3.28. The van der Waals surface area contributed by atoms with Crippen molar-refractivity contribution in [3.8, 4) is 0 Å². The van der Waals surface area contributed by atoms with Gasteiger partial charge in [-0.15, -0.1) is 0 Å². The van der Waals surface area contributed by atoms with Crippen molar-refractivity contribution in [2.75, 3.05) is 18.6 Å². The first-order valence-electron chi connectivity index (χ1n) is 6.33. The third-order valence-corrected chi connectivity index (χ3v) is 3.99. The Hall–Kier alpha value is -1.07. The Morgan fingerprint density at radius 1 is 1.42 bits per heavy atom. The molecule has 1 heterocycles. The molecular formula is C14H20BrN3O. The van der Waals surface area contributed by atoms with Gasteiger partial charge in [-0.2, -0.15) is 0 Å². The van der Waals surface area contributed by atoms with Crippen LogP contribution in [0.15, 0.2) is 33.7 Å². The number of halogens is 1. The van der Waals surface area contributed by atoms with Crippen LogP contribution < -0.4 is 10.6 Å². The second kappa shape index (κ2) is 5.51. The van der Waals surface area contributed by atoms with Crippen LogP contribution in [0.2, 0.25) is 0 Å². The third-order valence-electron chi connectivity index (χ3n) is 3.46. The summed E-state index contributed by atoms with van der Waals surface area (Å²) >= 11 is 3.44. The van der Waals surface area contributed by atoms with Crippen molar-refractivity contribution in [2.24, 2.45) is 10.7 Å². The van der Waals surface area contributed by atoms with Crippen LogP contribution in [0.4, 0.5) is 5.69 Å². The van der Waals surface area contributed by atoms with E-state index in [1.165, 1.54) is 0 Å². The molecule has 1 aromatic rings. The topological polar surface area (TPSA) is 50.9 Å². The number of nitrogens with two attached hydrogens (primary N) is 1. The van der Waals surface area contributed by atoms with Gasteiger partial charge in [-0.3, -0.25) is 4.99 Å². The summed E-state index contributed by atoms with van der Waals surface area (Å²) in [7, 11) is 1.74. The standard InChI is InChI=1S/C14H20BrN3O/c1-14(2,19-3)8-12-9-17-13(16)18(12)11-6-4-10(15)5-7-11/h4-7,12H,8-9H2,1-3H3,(H2,16,17). The fourth-order valence-electron chi connectivity index (χ4n) is 2.30. The second-order valence-corrected chi connectivity index (χ2v) is 6.28. The molecule has 0 aliphatic carbocycles. The first-order valence-corrected chi connectivity index (χ1v) is 7.12. The molecule has 1 atom stereocenters. The van der Waals surface area contributed by atoms with Gasteiger partial charge in [0.15, 0.2) is 5.96 Å². The van der Waals surface area contributed by atoms with E-state index in [4.69, 9.17) is 10.5 Å². The molecule has 2 N–H and O–H groups in total. The molecule has 4 nitrogen and oxygen atoms in total. The lowest BCUT2D eigenvalue weighted by Crippen LogP contribution is -2.44. The molecule has 1 unspecified atom stereocenters. The molecule has 0 fully saturated rings. The summed E-state index contributed by atoms with van der Waals surface area (Å²) in [4.78, 5) is 6.46. The van der Waals surface area contributed by atoms with Gasteiger partial charge in [0, 0.05) is 17.3 Å². The number of methoxy groups -OCH3 is 1. The first-order chi connectivity index (χ1) is 8.93. The fourth-order valence-corrected chi connectivity index (χ4v) is 2.56. The van der Waals surface area contributed by atoms with E-state index in [1.54, 1.807) is 7.11 Å². The summed E-state index contributed by atoms with van der Waals surface area (Å²) in [5.74, 6) is 0.583. The maximum atomic E-state index is 6.02. The maximum Gasteiger partial charge on any atom is 0.196 e. The number of rotatable bonds is 4. The highest BCUT2D eigenvalue weighted by molar-refractivity contribution is 9.10. The molecule has 0 saturated carbocycles. The van der Waals surface area contributed by atoms with Gasteiger partial charge in [-0.1, -0.05) is 15.9 Å². The van der Waals surface area contributed by atoms with Gasteiger partial charge in [0.1, 0.15) is 0 Å². The normalized spacial score (nSPS) is 19.7. The van der Waals surface area contributed by atoms with Crippen molar-refractivity contribution in [1.82, 2.24) is 0 Å². The molecule has 2 rings (SSSR count). The molecule has 0 saturated heterocycles. The smallest absolute Gasteiger partial charge is 0.196 e. The number of anilines is 1. The summed E-state index contributed by atoms with van der Waals surface area (Å²) in [6.07, 6.45) is 0.879. The molecule has 1 aromatic carbocycles. The van der Waals surface area contributed by atoms with Gasteiger partial charge in [0.2, 0.25) is 0 Å². The van der Waals surface area contributed by atoms with E-state index in [0.29, 0.717) is 12.5 Å². The molecule has 19 heavy (non-hydrogen) atoms. The molecule has 5 heteroatoms. The molecule has 0 amide bonds. The van der Waals surface area contributed by atoms with Crippen molar-refractivity contribution in [1.29, 1.82) is 0 Å². The van der Waals surface area contributed by atoms with Gasteiger partial charge < -0.3 is 15.4 Å². The van der Waals surface area contributed by atoms with E-state index >= 15 is 0 Å². The second-order valence-electron chi connectivity index (χ2n) is 5.37. The molecule has 0 aromatic heterocycles. The first kappa shape index (κ1) is 14.3. The average Bonchev–Trinajstić information content (AvgIpc) is 2.71. The fraction of sp³-hybridized carbons (Fsp3) is 0.500. The zero-order valence-corrected chi connectivity index (χ0v) is 13.1. The Morgan fingerprint density at radius 2 is 2.05 bits per heavy atom. The lowest BCUT2D eigenvalue weighted by Gasteiger charge is -2.32. The average molecular weight is 326 g/mol. The van der Waals surface area contributed by atoms with Crippen LogP contribution in [0.5, 0.6) is 0 Å². The van der Waals surface area contributed by atoms with Crippen LogP contribution in [0.1, 0.15) is 20.3 Å². The largest absolute Gasteiger partial charge is 0.379 e. The van der Waals surface area contributed by atoms with Crippen molar-refractivity contribution < 1.29 is 4.74 Å². The Bertz CT molecular complexity index is 470. The van der Waals surface area contributed by atoms with E-state index in [2.05, 4.69) is 39.7 Å². The van der Waals surface area contributed by atoms with E-state index in [1.807, 2.05) is 24.3 Å². The van der Waals surface area contributed by atoms with Crippen LogP contribution in [-0.2, 0) is 4.74 Å². The highest BCUT2D eigenvalue weighted by atomic mass is 79.9. The highest BCUT2D eigenvalue weighted by Crippen LogP contribution is 2.28. The van der Waals surface area contributed by atoms with Crippen LogP contribution in [0.25, 0.3) is 0 Å². The van der Waals surface area contributed by atoms with Crippen LogP contribution in [0, 0.1) is 0 Å². The molecule has 104 valence electrons. The van der Waals surface area contributed by atoms with Crippen molar-refractivity contribution in [3.63, 3.8) is 0 Å². The molecule has 0 spiro atoms. The van der Waals surface area contributed by atoms with Crippen molar-refractivity contribution in [2.45, 2.75) is 31.9 Å². The lowest BCUT2D eigenvalue weighted by molar-refractivity contribution is 0.0114. The monoisotopic (exact) mass is 325 g/mol. The predicted octanol–water partition coefficient (Wildman–Crippen LogP) is 2.77. The van der Waals surface area contributed by atoms with Crippen LogP contribution >= 0.6 is 15.9 Å². The van der Waals surface area contributed by atoms with E-state index in [0.717, 1.165) is 16.6 Å². The predicted molar refractivity (Wildman–Crippen MR) is 82.6 cm³/mol. The van der Waals surface area contributed by atoms with Crippen LogP contribution in [-0.4, -0.2) is 31.3 Å². The summed E-state index contributed by atoms with van der Waals surface area (Å²) in [6, 6.07) is 8.37. The number of ether oxygens (including phenoxy) is 1. The molecular weight excluding hydrogens is 306 g/mol. The number of hydrogen-bond acceptors (Lipinski definition) is 4. The van der Waals surface area contributed by atoms with Gasteiger partial charge in [-0.25, -0.2) is 0 Å². The maximum absolute atomic E-state index is 6.02. The SMILES string of the molecule is COC(C)(C)CC1CN=C(N)N1c1ccc(Br)cc1. The van der Waals surface area contributed by atoms with Gasteiger partial charge in [-0.05, 0) is 44.5 Å². The quantitative estimate of drug-likeness (QED) is 0.926. The van der Waals surface area contributed by atoms with Crippen molar-refractivity contribution >= 4 is 27.6 Å². The number of guanidine groups is 1. The lowest BCUT2D eigenvalue weighted by atomic mass is 9.98. The number of nitrogens with zero attached hydrogens (tertiary/aromatic N) is 2. The summed E-state index contributed by atoms with van der Waals surface area (Å²) in [5, 5.41) is 0. The summed E-state index contributed by atoms with van der Waals surface area (Å²) < 4.78 is 6.57. The van der Waals surface area contributed by atoms with Gasteiger partial charge >= 0.3 is 0 Å². The molecule has 1 aliphatic rings. The summed E-state index contributed by atoms with van der Waals surface area (Å²) in [5.41, 5.74) is 6.91. The van der Waals surface area contributed by atoms with Gasteiger partial charge in [0.05, 0.1) is 18.2 Å². The zero-order chi connectivity index (χ0) is 14.0. The number of hydrogen-bond donors (Lipinski definition) is 1. The van der Waals surface area contributed by atoms with Crippen molar-refractivity contribution in [3.05, 3.63) is 28.7 Å². The minimum atomic E-state index is -0.182. The van der Waals surface area contributed by atoms with E-state index in [-0.39, 0.29) is 11.6 Å². The number of benzene rings is 1. The molecule has 1 aliphatic heterocycles. The van der Waals surface area contributed by atoms with E-state index in [9.17, 15) is 0 Å². The molecule has 0 bridgehead atoms. The Kier molecular flexibility index (Phi) is 4.16. The highest BCUT2D eigenvalue weighted by Gasteiger charge is 2.32. The van der Waals surface area contributed by atoms with Gasteiger partial charge in [0.25, 0.3) is 0 Å². The van der Waals surface area contributed by atoms with Crippen LogP contribution in [0.3, 0.4) is 0 Å². The minimum Gasteiger partial charge on any atom is -0.379 e. The minimum absolute atomic E-state index is 0.182. The Balaban J connectivity index is 2.20. The Morgan fingerprint density at radius 3 is 2.63 bits per heavy atom. The summed E-state index contributed by atoms with van der Waals surface area (Å²) in [6.45, 7) is 4.89. The van der Waals surface area contributed by atoms with E-state index < -0.39 is 0 Å². The molecule has 0 radical (unpaired) electrons. The zero-order valence-electron chi connectivity index (χ0n) is 11.6. The Labute approximate surface area is 122 Å². The number of aliphatic imine (C=N–C) groups is 1.